The van der Waals surface area contributed by atoms with Gasteiger partial charge in [-0.05, 0) is 62.3 Å². The normalized spacial score (nSPS) is 20.2. The number of carbonyl (C=O) groups excluding carboxylic acids is 1. The second-order valence-electron chi connectivity index (χ2n) is 7.13. The fraction of sp³-hybridized carbons (Fsp3) is 0.526. The quantitative estimate of drug-likeness (QED) is 0.797. The average molecular weight is 358 g/mol. The number of benzene rings is 1. The fourth-order valence-electron chi connectivity index (χ4n) is 3.50. The van der Waals surface area contributed by atoms with Crippen LogP contribution in [0.1, 0.15) is 44.0 Å². The summed E-state index contributed by atoms with van der Waals surface area (Å²) in [4.78, 5) is 14.6. The van der Waals surface area contributed by atoms with Crippen molar-refractivity contribution >= 4 is 5.91 Å². The van der Waals surface area contributed by atoms with Crippen molar-refractivity contribution in [2.24, 2.45) is 5.92 Å². The van der Waals surface area contributed by atoms with Crippen molar-refractivity contribution in [1.29, 1.82) is 0 Å². The summed E-state index contributed by atoms with van der Waals surface area (Å²) in [7, 11) is 0. The molecule has 138 valence electrons. The summed E-state index contributed by atoms with van der Waals surface area (Å²) >= 11 is 0. The molecule has 1 atom stereocenters. The largest absolute Gasteiger partial charge is 0.484 e. The third-order valence-corrected chi connectivity index (χ3v) is 5.09. The molecule has 2 aliphatic rings. The number of halogens is 1. The summed E-state index contributed by atoms with van der Waals surface area (Å²) in [5, 5.41) is 8.40. The van der Waals surface area contributed by atoms with E-state index >= 15 is 0 Å². The number of nitrogens with zero attached hydrogens (tertiary/aromatic N) is 4. The van der Waals surface area contributed by atoms with Gasteiger partial charge in [0.2, 0.25) is 0 Å². The molecule has 1 aromatic heterocycles. The van der Waals surface area contributed by atoms with Gasteiger partial charge in [-0.2, -0.15) is 0 Å². The van der Waals surface area contributed by atoms with Gasteiger partial charge >= 0.3 is 0 Å². The van der Waals surface area contributed by atoms with Crippen molar-refractivity contribution in [2.75, 3.05) is 13.2 Å². The van der Waals surface area contributed by atoms with Gasteiger partial charge in [-0.3, -0.25) is 4.79 Å². The van der Waals surface area contributed by atoms with Crippen LogP contribution < -0.4 is 4.74 Å². The van der Waals surface area contributed by atoms with Crippen molar-refractivity contribution in [3.8, 4) is 5.75 Å². The minimum Gasteiger partial charge on any atom is -0.484 e. The number of hydrogen-bond donors (Lipinski definition) is 0. The molecule has 1 amide bonds. The number of ether oxygens (including phenoxy) is 1. The topological polar surface area (TPSA) is 60.2 Å². The van der Waals surface area contributed by atoms with Crippen LogP contribution in [-0.2, 0) is 11.3 Å². The first kappa shape index (κ1) is 17.0. The van der Waals surface area contributed by atoms with Crippen molar-refractivity contribution in [3.63, 3.8) is 0 Å². The van der Waals surface area contributed by atoms with Crippen LogP contribution in [0.4, 0.5) is 4.39 Å². The van der Waals surface area contributed by atoms with Gasteiger partial charge < -0.3 is 14.2 Å². The number of carbonyl (C=O) groups is 1. The molecular formula is C19H23FN4O2. The summed E-state index contributed by atoms with van der Waals surface area (Å²) in [6, 6.07) is 5.66. The third kappa shape index (κ3) is 3.86. The van der Waals surface area contributed by atoms with Crippen molar-refractivity contribution in [3.05, 3.63) is 42.2 Å². The van der Waals surface area contributed by atoms with E-state index in [0.29, 0.717) is 12.3 Å². The van der Waals surface area contributed by atoms with Gasteiger partial charge in [0.25, 0.3) is 5.91 Å². The number of rotatable bonds is 6. The van der Waals surface area contributed by atoms with E-state index in [1.54, 1.807) is 6.33 Å². The van der Waals surface area contributed by atoms with Crippen molar-refractivity contribution < 1.29 is 13.9 Å². The highest BCUT2D eigenvalue weighted by Crippen LogP contribution is 2.34. The van der Waals surface area contributed by atoms with Crippen molar-refractivity contribution in [1.82, 2.24) is 19.7 Å². The van der Waals surface area contributed by atoms with Crippen molar-refractivity contribution in [2.45, 2.75) is 44.7 Å². The van der Waals surface area contributed by atoms with Crippen LogP contribution in [0, 0.1) is 11.7 Å². The molecule has 1 saturated heterocycles. The molecule has 1 saturated carbocycles. The molecular weight excluding hydrogens is 335 g/mol. The maximum atomic E-state index is 13.0. The smallest absolute Gasteiger partial charge is 0.261 e. The highest BCUT2D eigenvalue weighted by molar-refractivity contribution is 5.78. The van der Waals surface area contributed by atoms with E-state index < -0.39 is 0 Å². The van der Waals surface area contributed by atoms with Gasteiger partial charge in [-0.25, -0.2) is 4.39 Å². The molecule has 4 rings (SSSR count). The molecule has 0 spiro atoms. The SMILES string of the molecule is O=C(COc1ccc(F)cc1)N1CCCC[C@H]1c1nncn1CC1CC1. The molecule has 0 radical (unpaired) electrons. The number of aromatic nitrogens is 3. The third-order valence-electron chi connectivity index (χ3n) is 5.09. The lowest BCUT2D eigenvalue weighted by Gasteiger charge is -2.35. The van der Waals surface area contributed by atoms with E-state index in [2.05, 4.69) is 14.8 Å². The standard InChI is InChI=1S/C19H23FN4O2/c20-15-6-8-16(9-7-15)26-12-18(25)24-10-2-1-3-17(24)19-22-21-13-23(19)11-14-4-5-14/h6-9,13-14,17H,1-5,10-12H2/t17-/m0/s1. The lowest BCUT2D eigenvalue weighted by Crippen LogP contribution is -2.42. The summed E-state index contributed by atoms with van der Waals surface area (Å²) in [5.41, 5.74) is 0. The molecule has 6 nitrogen and oxygen atoms in total. The Kier molecular flexibility index (Phi) is 4.86. The summed E-state index contributed by atoms with van der Waals surface area (Å²) in [6.07, 6.45) is 7.25. The van der Waals surface area contributed by atoms with Crippen LogP contribution in [-0.4, -0.2) is 38.7 Å². The Hall–Kier alpha value is -2.44. The minimum atomic E-state index is -0.324. The molecule has 0 unspecified atom stereocenters. The monoisotopic (exact) mass is 358 g/mol. The Bertz CT molecular complexity index is 757. The molecule has 0 bridgehead atoms. The first-order valence-corrected chi connectivity index (χ1v) is 9.26. The van der Waals surface area contributed by atoms with E-state index in [1.807, 2.05) is 4.90 Å². The Morgan fingerprint density at radius 3 is 2.77 bits per heavy atom. The zero-order valence-electron chi connectivity index (χ0n) is 14.7. The first-order chi connectivity index (χ1) is 12.7. The highest BCUT2D eigenvalue weighted by atomic mass is 19.1. The van der Waals surface area contributed by atoms with Gasteiger partial charge in [0, 0.05) is 13.1 Å². The average Bonchev–Trinajstić information content (AvgIpc) is 3.36. The van der Waals surface area contributed by atoms with Crippen LogP contribution in [0.5, 0.6) is 5.75 Å². The first-order valence-electron chi connectivity index (χ1n) is 9.26. The summed E-state index contributed by atoms with van der Waals surface area (Å²) in [5.74, 6) is 1.70. The second kappa shape index (κ2) is 7.43. The van der Waals surface area contributed by atoms with Crippen LogP contribution in [0.2, 0.25) is 0 Å². The maximum Gasteiger partial charge on any atom is 0.261 e. The van der Waals surface area contributed by atoms with Gasteiger partial charge in [-0.1, -0.05) is 0 Å². The predicted molar refractivity (Wildman–Crippen MR) is 92.9 cm³/mol. The van der Waals surface area contributed by atoms with E-state index in [4.69, 9.17) is 4.74 Å². The van der Waals surface area contributed by atoms with Crippen LogP contribution in [0.25, 0.3) is 0 Å². The maximum absolute atomic E-state index is 13.0. The second-order valence-corrected chi connectivity index (χ2v) is 7.13. The lowest BCUT2D eigenvalue weighted by atomic mass is 10.0. The molecule has 2 fully saturated rings. The molecule has 7 heteroatoms. The lowest BCUT2D eigenvalue weighted by molar-refractivity contribution is -0.137. The van der Waals surface area contributed by atoms with E-state index in [1.165, 1.54) is 37.1 Å². The van der Waals surface area contributed by atoms with E-state index in [9.17, 15) is 9.18 Å². The van der Waals surface area contributed by atoms with E-state index in [0.717, 1.165) is 37.5 Å². The van der Waals surface area contributed by atoms with Crippen LogP contribution in [0.3, 0.4) is 0 Å². The Balaban J connectivity index is 1.43. The van der Waals surface area contributed by atoms with Crippen LogP contribution >= 0.6 is 0 Å². The van der Waals surface area contributed by atoms with E-state index in [-0.39, 0.29) is 24.4 Å². The number of amides is 1. The zero-order valence-corrected chi connectivity index (χ0v) is 14.7. The number of hydrogen-bond acceptors (Lipinski definition) is 4. The molecule has 1 aliphatic carbocycles. The molecule has 2 aromatic rings. The molecule has 1 aromatic carbocycles. The summed E-state index contributed by atoms with van der Waals surface area (Å²) < 4.78 is 20.6. The Labute approximate surface area is 152 Å². The molecule has 0 N–H and O–H groups in total. The molecule has 1 aliphatic heterocycles. The van der Waals surface area contributed by atoms with Crippen LogP contribution in [0.15, 0.2) is 30.6 Å². The zero-order chi connectivity index (χ0) is 17.9. The van der Waals surface area contributed by atoms with Gasteiger partial charge in [0.05, 0.1) is 6.04 Å². The van der Waals surface area contributed by atoms with Gasteiger partial charge in [0.15, 0.2) is 12.4 Å². The van der Waals surface area contributed by atoms with Gasteiger partial charge in [0.1, 0.15) is 17.9 Å². The molecule has 26 heavy (non-hydrogen) atoms. The summed E-state index contributed by atoms with van der Waals surface area (Å²) in [6.45, 7) is 1.58. The van der Waals surface area contributed by atoms with Gasteiger partial charge in [-0.15, -0.1) is 10.2 Å². The Morgan fingerprint density at radius 2 is 2.00 bits per heavy atom. The highest BCUT2D eigenvalue weighted by Gasteiger charge is 2.33. The molecule has 2 heterocycles. The number of piperidine rings is 1. The minimum absolute atomic E-state index is 0.0469. The predicted octanol–water partition coefficient (Wildman–Crippen LogP) is 2.96. The number of likely N-dealkylation sites (tertiary alicyclic amines) is 1. The Morgan fingerprint density at radius 1 is 1.19 bits per heavy atom. The fourth-order valence-corrected chi connectivity index (χ4v) is 3.50.